The summed E-state index contributed by atoms with van der Waals surface area (Å²) in [6, 6.07) is 6.43. The molecule has 1 atom stereocenters. The van der Waals surface area contributed by atoms with Crippen LogP contribution in [0.5, 0.6) is 0 Å². The number of rotatable bonds is 6. The molecule has 0 aromatic heterocycles. The Hall–Kier alpha value is -2.04. The van der Waals surface area contributed by atoms with Gasteiger partial charge in [-0.1, -0.05) is 6.92 Å². The Labute approximate surface area is 113 Å². The lowest BCUT2D eigenvalue weighted by Gasteiger charge is -2.16. The van der Waals surface area contributed by atoms with Gasteiger partial charge in [0, 0.05) is 17.3 Å². The largest absolute Gasteiger partial charge is 0.466 e. The van der Waals surface area contributed by atoms with Crippen molar-refractivity contribution >= 4 is 17.6 Å². The Morgan fingerprint density at radius 2 is 1.89 bits per heavy atom. The van der Waals surface area contributed by atoms with Gasteiger partial charge in [-0.05, 0) is 37.6 Å². The summed E-state index contributed by atoms with van der Waals surface area (Å²) in [5, 5.41) is 2.81. The van der Waals surface area contributed by atoms with E-state index in [1.807, 2.05) is 6.92 Å². The molecule has 0 spiro atoms. The van der Waals surface area contributed by atoms with E-state index < -0.39 is 0 Å². The number of anilines is 1. The molecule has 1 aromatic rings. The third-order valence-corrected chi connectivity index (χ3v) is 2.72. The highest BCUT2D eigenvalue weighted by atomic mass is 16.5. The zero-order valence-corrected chi connectivity index (χ0v) is 11.3. The predicted octanol–water partition coefficient (Wildman–Crippen LogP) is 1.73. The van der Waals surface area contributed by atoms with Gasteiger partial charge in [-0.2, -0.15) is 0 Å². The Morgan fingerprint density at radius 1 is 1.26 bits per heavy atom. The van der Waals surface area contributed by atoms with E-state index in [-0.39, 0.29) is 24.3 Å². The molecule has 0 saturated carbocycles. The number of carbonyl (C=O) groups excluding carboxylic acids is 2. The molecule has 104 valence electrons. The van der Waals surface area contributed by atoms with Gasteiger partial charge in [0.2, 0.25) is 0 Å². The van der Waals surface area contributed by atoms with Crippen LogP contribution in [0.2, 0.25) is 0 Å². The van der Waals surface area contributed by atoms with Gasteiger partial charge in [-0.25, -0.2) is 0 Å². The summed E-state index contributed by atoms with van der Waals surface area (Å²) in [7, 11) is 0. The lowest BCUT2D eigenvalue weighted by molar-refractivity contribution is -0.143. The minimum Gasteiger partial charge on any atom is -0.466 e. The van der Waals surface area contributed by atoms with Crippen molar-refractivity contribution in [3.8, 4) is 0 Å². The van der Waals surface area contributed by atoms with Crippen molar-refractivity contribution in [2.45, 2.75) is 32.7 Å². The second-order valence-electron chi connectivity index (χ2n) is 4.21. The Morgan fingerprint density at radius 3 is 2.42 bits per heavy atom. The molecule has 3 N–H and O–H groups in total. The van der Waals surface area contributed by atoms with Crippen molar-refractivity contribution in [2.24, 2.45) is 0 Å². The van der Waals surface area contributed by atoms with Gasteiger partial charge in [0.05, 0.1) is 13.0 Å². The second-order valence-corrected chi connectivity index (χ2v) is 4.21. The maximum Gasteiger partial charge on any atom is 0.307 e. The minimum atomic E-state index is -0.299. The van der Waals surface area contributed by atoms with Gasteiger partial charge in [0.25, 0.3) is 5.91 Å². The lowest BCUT2D eigenvalue weighted by Crippen LogP contribution is -2.36. The van der Waals surface area contributed by atoms with E-state index in [4.69, 9.17) is 10.5 Å². The number of hydrogen-bond donors (Lipinski definition) is 2. The fraction of sp³-hybridized carbons (Fsp3) is 0.429. The molecule has 0 aliphatic rings. The molecule has 1 unspecified atom stereocenters. The first-order valence-corrected chi connectivity index (χ1v) is 6.38. The smallest absolute Gasteiger partial charge is 0.307 e. The average Bonchev–Trinajstić information content (AvgIpc) is 2.38. The Kier molecular flexibility index (Phi) is 5.85. The summed E-state index contributed by atoms with van der Waals surface area (Å²) in [6.07, 6.45) is 0.852. The van der Waals surface area contributed by atoms with E-state index >= 15 is 0 Å². The van der Waals surface area contributed by atoms with Gasteiger partial charge in [0.1, 0.15) is 0 Å². The molecule has 19 heavy (non-hydrogen) atoms. The standard InChI is InChI=1S/C14H20N2O3/c1-3-12(9-13(17)19-4-2)16-14(18)10-5-7-11(15)8-6-10/h5-8,12H,3-4,9,15H2,1-2H3,(H,16,18). The van der Waals surface area contributed by atoms with Gasteiger partial charge in [-0.15, -0.1) is 0 Å². The van der Waals surface area contributed by atoms with Crippen molar-refractivity contribution in [1.82, 2.24) is 5.32 Å². The monoisotopic (exact) mass is 264 g/mol. The van der Waals surface area contributed by atoms with Gasteiger partial charge in [-0.3, -0.25) is 9.59 Å². The minimum absolute atomic E-state index is 0.186. The Bertz CT molecular complexity index is 429. The van der Waals surface area contributed by atoms with Crippen LogP contribution >= 0.6 is 0 Å². The number of hydrogen-bond acceptors (Lipinski definition) is 4. The fourth-order valence-electron chi connectivity index (χ4n) is 1.62. The molecule has 1 amide bonds. The van der Waals surface area contributed by atoms with Crippen molar-refractivity contribution in [2.75, 3.05) is 12.3 Å². The molecule has 0 bridgehead atoms. The summed E-state index contributed by atoms with van der Waals surface area (Å²) < 4.78 is 4.87. The summed E-state index contributed by atoms with van der Waals surface area (Å²) in [6.45, 7) is 4.01. The molecular weight excluding hydrogens is 244 g/mol. The highest BCUT2D eigenvalue weighted by molar-refractivity contribution is 5.94. The van der Waals surface area contributed by atoms with Gasteiger partial charge < -0.3 is 15.8 Å². The molecule has 1 aromatic carbocycles. The Balaban J connectivity index is 2.57. The third-order valence-electron chi connectivity index (χ3n) is 2.72. The van der Waals surface area contributed by atoms with E-state index in [2.05, 4.69) is 5.32 Å². The van der Waals surface area contributed by atoms with Crippen LogP contribution in [0.15, 0.2) is 24.3 Å². The molecular formula is C14H20N2O3. The third kappa shape index (κ3) is 4.99. The number of amides is 1. The first kappa shape index (κ1) is 15.0. The quantitative estimate of drug-likeness (QED) is 0.605. The number of nitrogens with one attached hydrogen (secondary N) is 1. The van der Waals surface area contributed by atoms with Crippen molar-refractivity contribution < 1.29 is 14.3 Å². The molecule has 1 rings (SSSR count). The molecule has 5 nitrogen and oxygen atoms in total. The van der Waals surface area contributed by atoms with Crippen LogP contribution in [0.25, 0.3) is 0 Å². The van der Waals surface area contributed by atoms with E-state index in [0.717, 1.165) is 0 Å². The normalized spacial score (nSPS) is 11.7. The van der Waals surface area contributed by atoms with Gasteiger partial charge in [0.15, 0.2) is 0 Å². The van der Waals surface area contributed by atoms with Crippen LogP contribution < -0.4 is 11.1 Å². The molecule has 0 aliphatic heterocycles. The van der Waals surface area contributed by atoms with Gasteiger partial charge >= 0.3 is 5.97 Å². The molecule has 5 heteroatoms. The molecule has 0 fully saturated rings. The summed E-state index contributed by atoms with van der Waals surface area (Å²) >= 11 is 0. The number of nitrogens with two attached hydrogens (primary N) is 1. The van der Waals surface area contributed by atoms with Crippen molar-refractivity contribution in [3.63, 3.8) is 0 Å². The highest BCUT2D eigenvalue weighted by Gasteiger charge is 2.16. The highest BCUT2D eigenvalue weighted by Crippen LogP contribution is 2.07. The molecule has 0 heterocycles. The number of esters is 1. The van der Waals surface area contributed by atoms with Crippen LogP contribution in [-0.4, -0.2) is 24.5 Å². The molecule has 0 radical (unpaired) electrons. The molecule has 0 saturated heterocycles. The first-order valence-electron chi connectivity index (χ1n) is 6.38. The van der Waals surface area contributed by atoms with Crippen LogP contribution in [-0.2, 0) is 9.53 Å². The lowest BCUT2D eigenvalue weighted by atomic mass is 10.1. The number of ether oxygens (including phenoxy) is 1. The maximum atomic E-state index is 12.0. The summed E-state index contributed by atoms with van der Waals surface area (Å²) in [5.41, 5.74) is 6.69. The van der Waals surface area contributed by atoms with Crippen LogP contribution in [0.1, 0.15) is 37.0 Å². The SMILES string of the molecule is CCOC(=O)CC(CC)NC(=O)c1ccc(N)cc1. The van der Waals surface area contributed by atoms with E-state index in [1.54, 1.807) is 31.2 Å². The molecule has 0 aliphatic carbocycles. The summed E-state index contributed by atoms with van der Waals surface area (Å²) in [4.78, 5) is 23.3. The maximum absolute atomic E-state index is 12.0. The average molecular weight is 264 g/mol. The zero-order chi connectivity index (χ0) is 14.3. The number of nitrogen functional groups attached to an aromatic ring is 1. The zero-order valence-electron chi connectivity index (χ0n) is 11.3. The van der Waals surface area contributed by atoms with Crippen molar-refractivity contribution in [1.29, 1.82) is 0 Å². The van der Waals surface area contributed by atoms with Crippen molar-refractivity contribution in [3.05, 3.63) is 29.8 Å². The first-order chi connectivity index (χ1) is 9.06. The van der Waals surface area contributed by atoms with E-state index in [9.17, 15) is 9.59 Å². The fourth-order valence-corrected chi connectivity index (χ4v) is 1.62. The predicted molar refractivity (Wildman–Crippen MR) is 73.6 cm³/mol. The van der Waals surface area contributed by atoms with E-state index in [1.165, 1.54) is 0 Å². The number of benzene rings is 1. The van der Waals surface area contributed by atoms with Crippen LogP contribution in [0.4, 0.5) is 5.69 Å². The van der Waals surface area contributed by atoms with E-state index in [0.29, 0.717) is 24.3 Å². The number of carbonyl (C=O) groups is 2. The second kappa shape index (κ2) is 7.41. The summed E-state index contributed by atoms with van der Waals surface area (Å²) in [5.74, 6) is -0.511. The van der Waals surface area contributed by atoms with Crippen LogP contribution in [0.3, 0.4) is 0 Å². The topological polar surface area (TPSA) is 81.4 Å². The van der Waals surface area contributed by atoms with Crippen LogP contribution in [0, 0.1) is 0 Å².